The third-order valence-electron chi connectivity index (χ3n) is 4.01. The highest BCUT2D eigenvalue weighted by Gasteiger charge is 2.19. The van der Waals surface area contributed by atoms with Crippen molar-refractivity contribution in [1.82, 2.24) is 14.5 Å². The first-order chi connectivity index (χ1) is 10.6. The average Bonchev–Trinajstić information content (AvgIpc) is 2.98. The number of furan rings is 1. The molecule has 0 unspecified atom stereocenters. The lowest BCUT2D eigenvalue weighted by Gasteiger charge is -2.19. The second-order valence-corrected chi connectivity index (χ2v) is 6.27. The highest BCUT2D eigenvalue weighted by molar-refractivity contribution is 5.14. The van der Waals surface area contributed by atoms with E-state index in [1.807, 2.05) is 19.3 Å². The summed E-state index contributed by atoms with van der Waals surface area (Å²) in [5.41, 5.74) is 2.35. The van der Waals surface area contributed by atoms with E-state index in [-0.39, 0.29) is 6.10 Å². The predicted octanol–water partition coefficient (Wildman–Crippen LogP) is 3.12. The lowest BCUT2D eigenvalue weighted by molar-refractivity contribution is 0.0628. The van der Waals surface area contributed by atoms with Crippen LogP contribution in [-0.4, -0.2) is 27.1 Å². The first-order valence-electron chi connectivity index (χ1n) is 8.04. The molecule has 0 N–H and O–H groups in total. The molecule has 1 aliphatic rings. The summed E-state index contributed by atoms with van der Waals surface area (Å²) in [4.78, 5) is 6.97. The van der Waals surface area contributed by atoms with E-state index in [2.05, 4.69) is 34.4 Å². The minimum atomic E-state index is 0.227. The zero-order chi connectivity index (χ0) is 15.5. The molecule has 5 heteroatoms. The van der Waals surface area contributed by atoms with Gasteiger partial charge < -0.3 is 13.7 Å². The summed E-state index contributed by atoms with van der Waals surface area (Å²) in [5.74, 6) is 2.01. The molecular weight excluding hydrogens is 278 g/mol. The standard InChI is InChI=1S/C17H25N3O2/c1-13(2)21-11-16-17-10-19(7-4-8-20(17)12-18-16)9-15-6-5-14(3)22-15/h5-6,12-13H,4,7-11H2,1-3H3. The van der Waals surface area contributed by atoms with Crippen LogP contribution in [0.4, 0.5) is 0 Å². The number of aromatic nitrogens is 2. The average molecular weight is 303 g/mol. The maximum absolute atomic E-state index is 5.74. The smallest absolute Gasteiger partial charge is 0.118 e. The molecule has 2 aromatic rings. The molecule has 0 aromatic carbocycles. The van der Waals surface area contributed by atoms with E-state index in [4.69, 9.17) is 9.15 Å². The third kappa shape index (κ3) is 3.59. The Labute approximate surface area is 131 Å². The van der Waals surface area contributed by atoms with Gasteiger partial charge in [0, 0.05) is 19.6 Å². The van der Waals surface area contributed by atoms with Crippen molar-refractivity contribution in [2.45, 2.75) is 59.5 Å². The SMILES string of the molecule is Cc1ccc(CN2CCCn3cnc(COC(C)C)c3C2)o1. The van der Waals surface area contributed by atoms with Crippen molar-refractivity contribution in [2.24, 2.45) is 0 Å². The molecule has 0 radical (unpaired) electrons. The lowest BCUT2D eigenvalue weighted by atomic mass is 10.3. The quantitative estimate of drug-likeness (QED) is 0.851. The Morgan fingerprint density at radius 2 is 2.18 bits per heavy atom. The van der Waals surface area contributed by atoms with Gasteiger partial charge in [0.25, 0.3) is 0 Å². The maximum atomic E-state index is 5.74. The van der Waals surface area contributed by atoms with E-state index in [1.54, 1.807) is 0 Å². The van der Waals surface area contributed by atoms with Crippen LogP contribution < -0.4 is 0 Å². The minimum absolute atomic E-state index is 0.227. The molecule has 0 fully saturated rings. The Morgan fingerprint density at radius 3 is 2.91 bits per heavy atom. The number of fused-ring (bicyclic) bond motifs is 1. The number of aryl methyl sites for hydroxylation is 2. The largest absolute Gasteiger partial charge is 0.465 e. The molecule has 0 bridgehead atoms. The summed E-state index contributed by atoms with van der Waals surface area (Å²) in [5, 5.41) is 0. The van der Waals surface area contributed by atoms with Crippen molar-refractivity contribution in [1.29, 1.82) is 0 Å². The van der Waals surface area contributed by atoms with Crippen molar-refractivity contribution in [3.8, 4) is 0 Å². The fourth-order valence-electron chi connectivity index (χ4n) is 2.87. The number of hydrogen-bond donors (Lipinski definition) is 0. The summed E-state index contributed by atoms with van der Waals surface area (Å²) in [7, 11) is 0. The molecule has 2 aromatic heterocycles. The summed E-state index contributed by atoms with van der Waals surface area (Å²) in [6.07, 6.45) is 3.31. The van der Waals surface area contributed by atoms with Crippen LogP contribution in [0.25, 0.3) is 0 Å². The van der Waals surface area contributed by atoms with E-state index >= 15 is 0 Å². The summed E-state index contributed by atoms with van der Waals surface area (Å²) in [6, 6.07) is 4.10. The number of rotatable bonds is 5. The van der Waals surface area contributed by atoms with Crippen LogP contribution in [0.15, 0.2) is 22.9 Å². The van der Waals surface area contributed by atoms with Gasteiger partial charge in [-0.1, -0.05) is 0 Å². The zero-order valence-electron chi connectivity index (χ0n) is 13.7. The van der Waals surface area contributed by atoms with E-state index < -0.39 is 0 Å². The van der Waals surface area contributed by atoms with Crippen molar-refractivity contribution in [3.63, 3.8) is 0 Å². The van der Waals surface area contributed by atoms with Crippen LogP contribution in [0.5, 0.6) is 0 Å². The van der Waals surface area contributed by atoms with E-state index in [0.717, 1.165) is 49.8 Å². The summed E-state index contributed by atoms with van der Waals surface area (Å²) in [6.45, 7) is 10.5. The highest BCUT2D eigenvalue weighted by atomic mass is 16.5. The summed E-state index contributed by atoms with van der Waals surface area (Å²) >= 11 is 0. The number of ether oxygens (including phenoxy) is 1. The molecule has 120 valence electrons. The molecule has 0 atom stereocenters. The Hall–Kier alpha value is -1.59. The molecule has 0 spiro atoms. The highest BCUT2D eigenvalue weighted by Crippen LogP contribution is 2.20. The third-order valence-corrected chi connectivity index (χ3v) is 4.01. The summed E-state index contributed by atoms with van der Waals surface area (Å²) < 4.78 is 13.7. The number of nitrogens with zero attached hydrogens (tertiary/aromatic N) is 3. The Kier molecular flexibility index (Phi) is 4.64. The number of imidazole rings is 1. The predicted molar refractivity (Wildman–Crippen MR) is 84.3 cm³/mol. The minimum Gasteiger partial charge on any atom is -0.465 e. The molecule has 1 aliphatic heterocycles. The van der Waals surface area contributed by atoms with Gasteiger partial charge in [0.1, 0.15) is 11.5 Å². The Bertz CT molecular complexity index is 615. The molecule has 0 saturated carbocycles. The van der Waals surface area contributed by atoms with Gasteiger partial charge in [-0.3, -0.25) is 4.90 Å². The zero-order valence-corrected chi connectivity index (χ0v) is 13.7. The molecule has 3 heterocycles. The van der Waals surface area contributed by atoms with E-state index in [1.165, 1.54) is 5.69 Å². The second kappa shape index (κ2) is 6.67. The van der Waals surface area contributed by atoms with Gasteiger partial charge in [-0.05, 0) is 39.3 Å². The van der Waals surface area contributed by atoms with Crippen LogP contribution in [0.3, 0.4) is 0 Å². The van der Waals surface area contributed by atoms with Gasteiger partial charge in [-0.25, -0.2) is 4.98 Å². The molecule has 0 amide bonds. The van der Waals surface area contributed by atoms with Gasteiger partial charge in [0.2, 0.25) is 0 Å². The van der Waals surface area contributed by atoms with Gasteiger partial charge in [0.15, 0.2) is 0 Å². The van der Waals surface area contributed by atoms with Crippen LogP contribution in [-0.2, 0) is 31.0 Å². The molecular formula is C17H25N3O2. The topological polar surface area (TPSA) is 43.4 Å². The normalized spacial score (nSPS) is 16.0. The molecule has 5 nitrogen and oxygen atoms in total. The van der Waals surface area contributed by atoms with Crippen molar-refractivity contribution < 1.29 is 9.15 Å². The molecule has 0 aliphatic carbocycles. The first-order valence-corrected chi connectivity index (χ1v) is 8.04. The van der Waals surface area contributed by atoms with E-state index in [9.17, 15) is 0 Å². The van der Waals surface area contributed by atoms with Crippen LogP contribution in [0.1, 0.15) is 43.2 Å². The lowest BCUT2D eigenvalue weighted by Crippen LogP contribution is -2.23. The number of hydrogen-bond acceptors (Lipinski definition) is 4. The molecule has 0 saturated heterocycles. The van der Waals surface area contributed by atoms with E-state index in [0.29, 0.717) is 6.61 Å². The van der Waals surface area contributed by atoms with Crippen molar-refractivity contribution in [2.75, 3.05) is 6.54 Å². The van der Waals surface area contributed by atoms with Crippen molar-refractivity contribution >= 4 is 0 Å². The second-order valence-electron chi connectivity index (χ2n) is 6.27. The van der Waals surface area contributed by atoms with Crippen LogP contribution in [0.2, 0.25) is 0 Å². The maximum Gasteiger partial charge on any atom is 0.118 e. The van der Waals surface area contributed by atoms with Crippen LogP contribution in [0, 0.1) is 6.92 Å². The van der Waals surface area contributed by atoms with Gasteiger partial charge >= 0.3 is 0 Å². The van der Waals surface area contributed by atoms with Gasteiger partial charge in [-0.15, -0.1) is 0 Å². The fourth-order valence-corrected chi connectivity index (χ4v) is 2.87. The Morgan fingerprint density at radius 1 is 1.32 bits per heavy atom. The van der Waals surface area contributed by atoms with Gasteiger partial charge in [-0.2, -0.15) is 0 Å². The van der Waals surface area contributed by atoms with Gasteiger partial charge in [0.05, 0.1) is 37.0 Å². The Balaban J connectivity index is 1.71. The fraction of sp³-hybridized carbons (Fsp3) is 0.588. The van der Waals surface area contributed by atoms with Crippen LogP contribution >= 0.6 is 0 Å². The van der Waals surface area contributed by atoms with Crippen molar-refractivity contribution in [3.05, 3.63) is 41.4 Å². The molecule has 3 rings (SSSR count). The molecule has 22 heavy (non-hydrogen) atoms. The first kappa shape index (κ1) is 15.3. The monoisotopic (exact) mass is 303 g/mol.